The van der Waals surface area contributed by atoms with Gasteiger partial charge in [-0.15, -0.1) is 0 Å². The Kier molecular flexibility index (Phi) is 4.71. The number of thiocarbonyl (C=S) groups is 1. The number of carbonyl (C=O) groups is 1. The molecule has 1 aromatic rings. The molecule has 1 amide bonds. The van der Waals surface area contributed by atoms with Crippen molar-refractivity contribution in [1.82, 2.24) is 4.90 Å². The molecule has 1 aromatic carbocycles. The Balaban J connectivity index is 2.67. The highest BCUT2D eigenvalue weighted by Gasteiger charge is 2.11. The highest BCUT2D eigenvalue weighted by molar-refractivity contribution is 7.80. The van der Waals surface area contributed by atoms with Gasteiger partial charge in [-0.25, -0.2) is 0 Å². The molecule has 0 radical (unpaired) electrons. The first-order valence-electron chi connectivity index (χ1n) is 4.80. The van der Waals surface area contributed by atoms with E-state index in [1.54, 1.807) is 36.2 Å². The number of rotatable bonds is 4. The summed E-state index contributed by atoms with van der Waals surface area (Å²) in [4.78, 5) is 13.9. The van der Waals surface area contributed by atoms with Crippen LogP contribution in [0.25, 0.3) is 0 Å². The summed E-state index contributed by atoms with van der Waals surface area (Å²) < 4.78 is 0. The van der Waals surface area contributed by atoms with Crippen molar-refractivity contribution in [3.63, 3.8) is 0 Å². The van der Waals surface area contributed by atoms with Gasteiger partial charge in [0.05, 0.1) is 4.99 Å². The summed E-state index contributed by atoms with van der Waals surface area (Å²) in [5.41, 5.74) is 5.94. The number of hydrogen-bond donors (Lipinski definition) is 1. The van der Waals surface area contributed by atoms with Crippen molar-refractivity contribution in [2.24, 2.45) is 5.73 Å². The molecule has 86 valence electrons. The predicted octanol–water partition coefficient (Wildman–Crippen LogP) is 2.09. The summed E-state index contributed by atoms with van der Waals surface area (Å²) in [5, 5.41) is 0.550. The van der Waals surface area contributed by atoms with Crippen LogP contribution < -0.4 is 5.73 Å². The first-order valence-corrected chi connectivity index (χ1v) is 5.58. The SMILES string of the molecule is CN(CCC(N)=S)C(=O)c1cccc(Cl)c1. The third-order valence-electron chi connectivity index (χ3n) is 2.11. The van der Waals surface area contributed by atoms with Crippen LogP contribution >= 0.6 is 23.8 Å². The molecule has 0 unspecified atom stereocenters. The number of halogens is 1. The predicted molar refractivity (Wildman–Crippen MR) is 69.8 cm³/mol. The fourth-order valence-electron chi connectivity index (χ4n) is 1.22. The number of nitrogens with zero attached hydrogens (tertiary/aromatic N) is 1. The number of benzene rings is 1. The summed E-state index contributed by atoms with van der Waals surface area (Å²) in [5.74, 6) is -0.0845. The van der Waals surface area contributed by atoms with E-state index in [1.165, 1.54) is 0 Å². The van der Waals surface area contributed by atoms with Gasteiger partial charge in [-0.2, -0.15) is 0 Å². The Bertz CT molecular complexity index is 409. The second kappa shape index (κ2) is 5.82. The van der Waals surface area contributed by atoms with Gasteiger partial charge < -0.3 is 10.6 Å². The van der Waals surface area contributed by atoms with Crippen molar-refractivity contribution in [2.45, 2.75) is 6.42 Å². The molecule has 0 aromatic heterocycles. The minimum absolute atomic E-state index is 0.0845. The molecule has 3 nitrogen and oxygen atoms in total. The van der Waals surface area contributed by atoms with E-state index in [0.717, 1.165) is 0 Å². The maximum absolute atomic E-state index is 11.9. The molecule has 16 heavy (non-hydrogen) atoms. The van der Waals surface area contributed by atoms with Gasteiger partial charge >= 0.3 is 0 Å². The molecular weight excluding hydrogens is 244 g/mol. The molecule has 0 atom stereocenters. The first-order chi connectivity index (χ1) is 7.50. The van der Waals surface area contributed by atoms with Crippen molar-refractivity contribution in [3.05, 3.63) is 34.9 Å². The zero-order valence-corrected chi connectivity index (χ0v) is 10.5. The molecule has 0 spiro atoms. The van der Waals surface area contributed by atoms with Gasteiger partial charge in [0, 0.05) is 30.6 Å². The van der Waals surface area contributed by atoms with Gasteiger partial charge in [0.15, 0.2) is 0 Å². The van der Waals surface area contributed by atoms with E-state index in [-0.39, 0.29) is 5.91 Å². The first kappa shape index (κ1) is 12.9. The van der Waals surface area contributed by atoms with Crippen LogP contribution in [0.5, 0.6) is 0 Å². The van der Waals surface area contributed by atoms with Gasteiger partial charge in [0.25, 0.3) is 5.91 Å². The molecule has 5 heteroatoms. The van der Waals surface area contributed by atoms with Crippen molar-refractivity contribution in [1.29, 1.82) is 0 Å². The Morgan fingerprint density at radius 2 is 2.25 bits per heavy atom. The molecule has 0 heterocycles. The van der Waals surface area contributed by atoms with Gasteiger partial charge in [-0.1, -0.05) is 29.9 Å². The molecule has 0 bridgehead atoms. The third-order valence-corrected chi connectivity index (χ3v) is 2.55. The molecule has 1 rings (SSSR count). The van der Waals surface area contributed by atoms with Crippen LogP contribution in [0, 0.1) is 0 Å². The van der Waals surface area contributed by atoms with E-state index in [4.69, 9.17) is 29.6 Å². The molecule has 0 aliphatic carbocycles. The van der Waals surface area contributed by atoms with Crippen molar-refractivity contribution in [2.75, 3.05) is 13.6 Å². The molecule has 0 aliphatic heterocycles. The zero-order chi connectivity index (χ0) is 12.1. The van der Waals surface area contributed by atoms with Gasteiger partial charge in [-0.3, -0.25) is 4.79 Å². The minimum Gasteiger partial charge on any atom is -0.393 e. The molecule has 2 N–H and O–H groups in total. The Morgan fingerprint density at radius 3 is 2.81 bits per heavy atom. The minimum atomic E-state index is -0.0845. The van der Waals surface area contributed by atoms with Crippen LogP contribution in [0.4, 0.5) is 0 Å². The second-order valence-electron chi connectivity index (χ2n) is 3.45. The van der Waals surface area contributed by atoms with E-state index in [9.17, 15) is 4.79 Å². The number of hydrogen-bond acceptors (Lipinski definition) is 2. The van der Waals surface area contributed by atoms with E-state index in [0.29, 0.717) is 28.5 Å². The van der Waals surface area contributed by atoms with E-state index >= 15 is 0 Å². The average molecular weight is 257 g/mol. The number of carbonyl (C=O) groups excluding carboxylic acids is 1. The molecule has 0 saturated heterocycles. The summed E-state index contributed by atoms with van der Waals surface area (Å²) >= 11 is 10.6. The van der Waals surface area contributed by atoms with Crippen molar-refractivity contribution < 1.29 is 4.79 Å². The van der Waals surface area contributed by atoms with Crippen LogP contribution in [-0.2, 0) is 0 Å². The van der Waals surface area contributed by atoms with Crippen LogP contribution in [0.2, 0.25) is 5.02 Å². The van der Waals surface area contributed by atoms with E-state index in [2.05, 4.69) is 0 Å². The van der Waals surface area contributed by atoms with Crippen molar-refractivity contribution >= 4 is 34.7 Å². The lowest BCUT2D eigenvalue weighted by atomic mass is 10.2. The molecule has 0 aliphatic rings. The highest BCUT2D eigenvalue weighted by atomic mass is 35.5. The van der Waals surface area contributed by atoms with Gasteiger partial charge in [0.2, 0.25) is 0 Å². The Hall–Kier alpha value is -1.13. The van der Waals surface area contributed by atoms with Crippen LogP contribution in [0.1, 0.15) is 16.8 Å². The van der Waals surface area contributed by atoms with Gasteiger partial charge in [-0.05, 0) is 18.2 Å². The molecule has 0 saturated carbocycles. The maximum Gasteiger partial charge on any atom is 0.253 e. The average Bonchev–Trinajstić information content (AvgIpc) is 2.24. The topological polar surface area (TPSA) is 46.3 Å². The lowest BCUT2D eigenvalue weighted by Gasteiger charge is -2.16. The van der Waals surface area contributed by atoms with Crippen LogP contribution in [0.15, 0.2) is 24.3 Å². The number of amides is 1. The second-order valence-corrected chi connectivity index (χ2v) is 4.41. The Morgan fingerprint density at radius 1 is 1.56 bits per heavy atom. The quantitative estimate of drug-likeness (QED) is 0.839. The summed E-state index contributed by atoms with van der Waals surface area (Å²) in [7, 11) is 1.71. The third kappa shape index (κ3) is 3.79. The van der Waals surface area contributed by atoms with E-state index in [1.807, 2.05) is 0 Å². The van der Waals surface area contributed by atoms with Crippen molar-refractivity contribution in [3.8, 4) is 0 Å². The summed E-state index contributed by atoms with van der Waals surface area (Å²) in [6.07, 6.45) is 0.526. The maximum atomic E-state index is 11.9. The zero-order valence-electron chi connectivity index (χ0n) is 8.94. The largest absolute Gasteiger partial charge is 0.393 e. The summed E-state index contributed by atoms with van der Waals surface area (Å²) in [6, 6.07) is 6.84. The lowest BCUT2D eigenvalue weighted by molar-refractivity contribution is 0.0799. The molecular formula is C11H13ClN2OS. The standard InChI is InChI=1S/C11H13ClN2OS/c1-14(6-5-10(13)16)11(15)8-3-2-4-9(12)7-8/h2-4,7H,5-6H2,1H3,(H2,13,16). The number of nitrogens with two attached hydrogens (primary N) is 1. The van der Waals surface area contributed by atoms with Crippen LogP contribution in [-0.4, -0.2) is 29.4 Å². The lowest BCUT2D eigenvalue weighted by Crippen LogP contribution is -2.30. The smallest absolute Gasteiger partial charge is 0.253 e. The fraction of sp³-hybridized carbons (Fsp3) is 0.273. The van der Waals surface area contributed by atoms with E-state index < -0.39 is 0 Å². The monoisotopic (exact) mass is 256 g/mol. The highest BCUT2D eigenvalue weighted by Crippen LogP contribution is 2.12. The Labute approximate surface area is 105 Å². The van der Waals surface area contributed by atoms with Gasteiger partial charge in [0.1, 0.15) is 0 Å². The fourth-order valence-corrected chi connectivity index (χ4v) is 1.50. The normalized spacial score (nSPS) is 9.88. The summed E-state index contributed by atoms with van der Waals surface area (Å²) in [6.45, 7) is 0.515. The molecule has 0 fully saturated rings. The van der Waals surface area contributed by atoms with Crippen LogP contribution in [0.3, 0.4) is 0 Å².